The highest BCUT2D eigenvalue weighted by Crippen LogP contribution is 2.44. The number of sulfonamides is 1. The largest absolute Gasteiger partial charge is 0.497 e. The highest BCUT2D eigenvalue weighted by Gasteiger charge is 2.38. The molecule has 0 amide bonds. The first-order chi connectivity index (χ1) is 13.9. The summed E-state index contributed by atoms with van der Waals surface area (Å²) in [5.74, 6) is 0.925. The van der Waals surface area contributed by atoms with Gasteiger partial charge in [0, 0.05) is 16.4 Å². The average molecular weight is 519 g/mol. The van der Waals surface area contributed by atoms with Crippen molar-refractivity contribution in [3.63, 3.8) is 0 Å². The fourth-order valence-electron chi connectivity index (χ4n) is 3.80. The Hall–Kier alpha value is -2.06. The highest BCUT2D eigenvalue weighted by molar-refractivity contribution is 14.1. The van der Waals surface area contributed by atoms with E-state index in [1.807, 2.05) is 55.5 Å². The minimum absolute atomic E-state index is 0.0936. The first-order valence-corrected chi connectivity index (χ1v) is 12.1. The van der Waals surface area contributed by atoms with Crippen LogP contribution in [0.1, 0.15) is 22.6 Å². The summed E-state index contributed by atoms with van der Waals surface area (Å²) in [6.45, 7) is 2.37. The molecular weight excluding hydrogens is 497 g/mol. The normalized spacial score (nSPS) is 18.9. The van der Waals surface area contributed by atoms with E-state index in [2.05, 4.69) is 34.7 Å². The van der Waals surface area contributed by atoms with Crippen molar-refractivity contribution >= 4 is 38.3 Å². The van der Waals surface area contributed by atoms with Crippen molar-refractivity contribution in [3.05, 3.63) is 89.5 Å². The van der Waals surface area contributed by atoms with Crippen LogP contribution in [-0.2, 0) is 10.0 Å². The summed E-state index contributed by atoms with van der Waals surface area (Å²) in [6.07, 6.45) is 0. The van der Waals surface area contributed by atoms with Crippen LogP contribution in [0.4, 0.5) is 5.69 Å². The van der Waals surface area contributed by atoms with Crippen molar-refractivity contribution in [2.75, 3.05) is 18.0 Å². The predicted molar refractivity (Wildman–Crippen MR) is 125 cm³/mol. The van der Waals surface area contributed by atoms with Crippen LogP contribution >= 0.6 is 22.6 Å². The topological polar surface area (TPSA) is 46.6 Å². The Morgan fingerprint density at radius 2 is 1.62 bits per heavy atom. The second-order valence-corrected chi connectivity index (χ2v) is 10.6. The molecule has 29 heavy (non-hydrogen) atoms. The first-order valence-electron chi connectivity index (χ1n) is 9.38. The maximum atomic E-state index is 13.4. The maximum Gasteiger partial charge on any atom is 0.264 e. The third-order valence-electron chi connectivity index (χ3n) is 5.33. The monoisotopic (exact) mass is 519 g/mol. The molecule has 0 saturated heterocycles. The number of rotatable bonds is 4. The summed E-state index contributed by atoms with van der Waals surface area (Å²) >= 11 is 2.38. The number of fused-ring (bicyclic) bond motifs is 1. The van der Waals surface area contributed by atoms with Crippen LogP contribution in [0.2, 0.25) is 0 Å². The second-order valence-electron chi connectivity index (χ2n) is 7.17. The second kappa shape index (κ2) is 7.99. The third kappa shape index (κ3) is 3.75. The SMILES string of the molecule is COc1ccc([C@@H]2c3ccccc3N(S(=O)(=O)c3ccc(C)cc3)C[C@H]2I)cc1. The molecule has 0 aliphatic carbocycles. The minimum atomic E-state index is -3.63. The van der Waals surface area contributed by atoms with Gasteiger partial charge in [0.1, 0.15) is 5.75 Å². The molecule has 4 nitrogen and oxygen atoms in total. The van der Waals surface area contributed by atoms with E-state index in [4.69, 9.17) is 4.74 Å². The van der Waals surface area contributed by atoms with Crippen molar-refractivity contribution in [3.8, 4) is 5.75 Å². The van der Waals surface area contributed by atoms with E-state index in [1.165, 1.54) is 0 Å². The number of hydrogen-bond acceptors (Lipinski definition) is 3. The number of alkyl halides is 1. The number of methoxy groups -OCH3 is 1. The molecule has 0 radical (unpaired) electrons. The molecule has 3 aromatic carbocycles. The summed E-state index contributed by atoms with van der Waals surface area (Å²) in [5.41, 5.74) is 3.97. The Bertz CT molecular complexity index is 1110. The van der Waals surface area contributed by atoms with Gasteiger partial charge in [0.2, 0.25) is 0 Å². The van der Waals surface area contributed by atoms with Gasteiger partial charge in [-0.1, -0.05) is 70.6 Å². The molecule has 0 unspecified atom stereocenters. The number of benzene rings is 3. The molecule has 0 N–H and O–H groups in total. The lowest BCUT2D eigenvalue weighted by atomic mass is 9.85. The molecule has 0 bridgehead atoms. The highest BCUT2D eigenvalue weighted by atomic mass is 127. The number of aryl methyl sites for hydroxylation is 1. The number of hydrogen-bond donors (Lipinski definition) is 0. The van der Waals surface area contributed by atoms with Crippen LogP contribution in [0, 0.1) is 6.92 Å². The van der Waals surface area contributed by atoms with Crippen LogP contribution < -0.4 is 9.04 Å². The van der Waals surface area contributed by atoms with E-state index in [9.17, 15) is 8.42 Å². The molecule has 0 saturated carbocycles. The average Bonchev–Trinajstić information content (AvgIpc) is 2.73. The van der Waals surface area contributed by atoms with Gasteiger partial charge in [-0.25, -0.2) is 8.42 Å². The molecule has 0 aromatic heterocycles. The Morgan fingerprint density at radius 1 is 0.966 bits per heavy atom. The zero-order valence-corrected chi connectivity index (χ0v) is 19.2. The number of ether oxygens (including phenoxy) is 1. The van der Waals surface area contributed by atoms with E-state index in [-0.39, 0.29) is 9.84 Å². The summed E-state index contributed by atoms with van der Waals surface area (Å²) in [7, 11) is -1.98. The third-order valence-corrected chi connectivity index (χ3v) is 8.23. The van der Waals surface area contributed by atoms with Gasteiger partial charge in [0.15, 0.2) is 0 Å². The van der Waals surface area contributed by atoms with E-state index in [1.54, 1.807) is 23.5 Å². The summed E-state index contributed by atoms with van der Waals surface area (Å²) in [5, 5.41) is 0. The lowest BCUT2D eigenvalue weighted by Gasteiger charge is -2.38. The van der Waals surface area contributed by atoms with Crippen LogP contribution in [-0.4, -0.2) is 26.0 Å². The van der Waals surface area contributed by atoms with Crippen LogP contribution in [0.3, 0.4) is 0 Å². The van der Waals surface area contributed by atoms with Gasteiger partial charge in [0.05, 0.1) is 17.7 Å². The Labute approximate surface area is 185 Å². The maximum absolute atomic E-state index is 13.4. The number of anilines is 1. The van der Waals surface area contributed by atoms with Gasteiger partial charge in [-0.2, -0.15) is 0 Å². The van der Waals surface area contributed by atoms with Crippen molar-refractivity contribution in [1.82, 2.24) is 0 Å². The smallest absolute Gasteiger partial charge is 0.264 e. The molecule has 0 fully saturated rings. The Kier molecular flexibility index (Phi) is 5.57. The Morgan fingerprint density at radius 3 is 2.28 bits per heavy atom. The van der Waals surface area contributed by atoms with Gasteiger partial charge >= 0.3 is 0 Å². The molecule has 6 heteroatoms. The van der Waals surface area contributed by atoms with Gasteiger partial charge in [0.25, 0.3) is 10.0 Å². The first kappa shape index (κ1) is 20.2. The van der Waals surface area contributed by atoms with Crippen molar-refractivity contribution in [2.24, 2.45) is 0 Å². The fourth-order valence-corrected chi connectivity index (χ4v) is 6.78. The van der Waals surface area contributed by atoms with Crippen LogP contribution in [0.25, 0.3) is 0 Å². The molecule has 2 atom stereocenters. The molecule has 1 aliphatic rings. The van der Waals surface area contributed by atoms with Gasteiger partial charge in [-0.15, -0.1) is 0 Å². The van der Waals surface area contributed by atoms with Crippen molar-refractivity contribution < 1.29 is 13.2 Å². The predicted octanol–water partition coefficient (Wildman–Crippen LogP) is 5.15. The summed E-state index contributed by atoms with van der Waals surface area (Å²) < 4.78 is 33.8. The van der Waals surface area contributed by atoms with E-state index >= 15 is 0 Å². The molecule has 150 valence electrons. The lowest BCUT2D eigenvalue weighted by Crippen LogP contribution is -2.42. The zero-order chi connectivity index (χ0) is 20.6. The fraction of sp³-hybridized carbons (Fsp3) is 0.217. The standard InChI is InChI=1S/C23H22INO3S/c1-16-7-13-19(14-8-16)29(26,27)25-15-21(24)23(20-5-3-4-6-22(20)25)17-9-11-18(28-2)12-10-17/h3-14,21,23H,15H2,1-2H3/t21-,23-/m1/s1. The number of nitrogens with zero attached hydrogens (tertiary/aromatic N) is 1. The molecule has 1 heterocycles. The molecule has 1 aliphatic heterocycles. The number of halogens is 1. The quantitative estimate of drug-likeness (QED) is 0.354. The Balaban J connectivity index is 1.79. The lowest BCUT2D eigenvalue weighted by molar-refractivity contribution is 0.414. The summed E-state index contributed by atoms with van der Waals surface area (Å²) in [6, 6.07) is 22.9. The van der Waals surface area contributed by atoms with Crippen LogP contribution in [0.5, 0.6) is 5.75 Å². The van der Waals surface area contributed by atoms with Crippen molar-refractivity contribution in [2.45, 2.75) is 21.7 Å². The molecular formula is C23H22INO3S. The van der Waals surface area contributed by atoms with E-state index in [0.29, 0.717) is 11.4 Å². The zero-order valence-electron chi connectivity index (χ0n) is 16.2. The van der Waals surface area contributed by atoms with Gasteiger partial charge in [-0.05, 0) is 48.4 Å². The molecule has 4 rings (SSSR count). The van der Waals surface area contributed by atoms with E-state index in [0.717, 1.165) is 28.1 Å². The summed E-state index contributed by atoms with van der Waals surface area (Å²) in [4.78, 5) is 0.324. The van der Waals surface area contributed by atoms with Gasteiger partial charge in [-0.3, -0.25) is 4.31 Å². The van der Waals surface area contributed by atoms with Gasteiger partial charge < -0.3 is 4.74 Å². The molecule has 3 aromatic rings. The molecule has 0 spiro atoms. The van der Waals surface area contributed by atoms with Crippen molar-refractivity contribution in [1.29, 1.82) is 0 Å². The van der Waals surface area contributed by atoms with E-state index < -0.39 is 10.0 Å². The van der Waals surface area contributed by atoms with Crippen LogP contribution in [0.15, 0.2) is 77.7 Å². The minimum Gasteiger partial charge on any atom is -0.497 e. The number of para-hydroxylation sites is 1.